The summed E-state index contributed by atoms with van der Waals surface area (Å²) in [6.45, 7) is 5.79. The van der Waals surface area contributed by atoms with Crippen LogP contribution in [0.25, 0.3) is 0 Å². The van der Waals surface area contributed by atoms with Gasteiger partial charge in [0.1, 0.15) is 11.6 Å². The number of nitrogens with two attached hydrogens (primary N) is 1. The van der Waals surface area contributed by atoms with Crippen molar-refractivity contribution in [2.45, 2.75) is 38.3 Å². The molecule has 1 atom stereocenters. The highest BCUT2D eigenvalue weighted by Gasteiger charge is 2.37. The Kier molecular flexibility index (Phi) is 3.69. The fourth-order valence-corrected chi connectivity index (χ4v) is 2.65. The van der Waals surface area contributed by atoms with E-state index in [1.807, 2.05) is 13.8 Å². The molecule has 4 heteroatoms. The van der Waals surface area contributed by atoms with E-state index >= 15 is 0 Å². The molecule has 1 aromatic rings. The molecule has 0 saturated carbocycles. The van der Waals surface area contributed by atoms with E-state index in [4.69, 9.17) is 5.73 Å². The Morgan fingerprint density at radius 1 is 1.17 bits per heavy atom. The molecule has 0 aromatic heterocycles. The molecule has 1 aliphatic heterocycles. The highest BCUT2D eigenvalue weighted by atomic mass is 19.1. The Balaban J connectivity index is 2.32. The summed E-state index contributed by atoms with van der Waals surface area (Å²) in [5, 5.41) is 0. The van der Waals surface area contributed by atoms with E-state index in [9.17, 15) is 8.78 Å². The second kappa shape index (κ2) is 4.94. The normalized spacial score (nSPS) is 19.2. The number of nitrogens with zero attached hydrogens (tertiary/aromatic N) is 1. The van der Waals surface area contributed by atoms with E-state index < -0.39 is 23.2 Å². The lowest BCUT2D eigenvalue weighted by Gasteiger charge is -2.40. The average Bonchev–Trinajstić information content (AvgIpc) is 2.82. The van der Waals surface area contributed by atoms with Crippen molar-refractivity contribution >= 4 is 0 Å². The van der Waals surface area contributed by atoms with E-state index in [1.54, 1.807) is 0 Å². The van der Waals surface area contributed by atoms with Crippen LogP contribution in [0.1, 0.15) is 38.3 Å². The van der Waals surface area contributed by atoms with Gasteiger partial charge in [-0.2, -0.15) is 0 Å². The van der Waals surface area contributed by atoms with Crippen molar-refractivity contribution in [1.82, 2.24) is 4.90 Å². The van der Waals surface area contributed by atoms with Gasteiger partial charge in [-0.05, 0) is 51.9 Å². The van der Waals surface area contributed by atoms with Crippen LogP contribution < -0.4 is 5.73 Å². The number of benzene rings is 1. The molecule has 1 fully saturated rings. The van der Waals surface area contributed by atoms with E-state index in [0.717, 1.165) is 25.9 Å². The van der Waals surface area contributed by atoms with Gasteiger partial charge in [0, 0.05) is 11.1 Å². The minimum absolute atomic E-state index is 0.00519. The molecule has 0 radical (unpaired) electrons. The van der Waals surface area contributed by atoms with E-state index in [-0.39, 0.29) is 5.56 Å². The molecule has 1 saturated heterocycles. The molecule has 0 amide bonds. The highest BCUT2D eigenvalue weighted by molar-refractivity contribution is 5.26. The lowest BCUT2D eigenvalue weighted by atomic mass is 9.87. The summed E-state index contributed by atoms with van der Waals surface area (Å²) in [6, 6.07) is 3.22. The third-order valence-corrected chi connectivity index (χ3v) is 3.99. The molecule has 2 nitrogen and oxygen atoms in total. The van der Waals surface area contributed by atoms with Crippen LogP contribution in [0.2, 0.25) is 0 Å². The minimum Gasteiger partial charge on any atom is -0.322 e. The molecule has 0 spiro atoms. The summed E-state index contributed by atoms with van der Waals surface area (Å²) < 4.78 is 27.6. The molecule has 100 valence electrons. The van der Waals surface area contributed by atoms with Gasteiger partial charge in [-0.3, -0.25) is 4.90 Å². The molecule has 0 aliphatic carbocycles. The quantitative estimate of drug-likeness (QED) is 0.898. The zero-order chi connectivity index (χ0) is 13.3. The minimum atomic E-state index is -0.670. The average molecular weight is 254 g/mol. The second-order valence-electron chi connectivity index (χ2n) is 5.46. The SMILES string of the molecule is CC(C)(C(N)c1c(F)cccc1F)N1CCCC1. The number of halogens is 2. The van der Waals surface area contributed by atoms with Gasteiger partial charge in [-0.1, -0.05) is 6.07 Å². The smallest absolute Gasteiger partial charge is 0.130 e. The van der Waals surface area contributed by atoms with Crippen molar-refractivity contribution in [3.63, 3.8) is 0 Å². The molecule has 1 unspecified atom stereocenters. The Hall–Kier alpha value is -1.00. The zero-order valence-electron chi connectivity index (χ0n) is 10.9. The van der Waals surface area contributed by atoms with E-state index in [2.05, 4.69) is 4.90 Å². The highest BCUT2D eigenvalue weighted by Crippen LogP contribution is 2.34. The molecule has 2 rings (SSSR count). The first-order valence-electron chi connectivity index (χ1n) is 6.39. The fourth-order valence-electron chi connectivity index (χ4n) is 2.65. The summed E-state index contributed by atoms with van der Waals surface area (Å²) in [5.41, 5.74) is 5.68. The summed E-state index contributed by atoms with van der Waals surface area (Å²) >= 11 is 0. The van der Waals surface area contributed by atoms with E-state index in [0.29, 0.717) is 0 Å². The summed E-state index contributed by atoms with van der Waals surface area (Å²) in [4.78, 5) is 2.21. The van der Waals surface area contributed by atoms with Crippen molar-refractivity contribution in [3.05, 3.63) is 35.4 Å². The molecular weight excluding hydrogens is 234 g/mol. The Bertz CT molecular complexity index is 406. The fraction of sp³-hybridized carbons (Fsp3) is 0.571. The van der Waals surface area contributed by atoms with Gasteiger partial charge in [0.25, 0.3) is 0 Å². The third-order valence-electron chi connectivity index (χ3n) is 3.99. The van der Waals surface area contributed by atoms with Crippen LogP contribution in [0.5, 0.6) is 0 Å². The number of likely N-dealkylation sites (tertiary alicyclic amines) is 1. The van der Waals surface area contributed by atoms with Crippen molar-refractivity contribution < 1.29 is 8.78 Å². The van der Waals surface area contributed by atoms with Crippen molar-refractivity contribution in [3.8, 4) is 0 Å². The van der Waals surface area contributed by atoms with Gasteiger partial charge < -0.3 is 5.73 Å². The first kappa shape index (κ1) is 13.4. The molecule has 0 bridgehead atoms. The maximum atomic E-state index is 13.8. The third kappa shape index (κ3) is 2.27. The maximum absolute atomic E-state index is 13.8. The van der Waals surface area contributed by atoms with Gasteiger partial charge in [0.2, 0.25) is 0 Å². The van der Waals surface area contributed by atoms with Crippen molar-refractivity contribution in [2.24, 2.45) is 5.73 Å². The number of rotatable bonds is 3. The molecule has 1 heterocycles. The molecule has 1 aromatic carbocycles. The lowest BCUT2D eigenvalue weighted by molar-refractivity contribution is 0.121. The molecule has 1 aliphatic rings. The van der Waals surface area contributed by atoms with Crippen LogP contribution in [0.3, 0.4) is 0 Å². The second-order valence-corrected chi connectivity index (χ2v) is 5.46. The monoisotopic (exact) mass is 254 g/mol. The standard InChI is InChI=1S/C14H20F2N2/c1-14(2,18-8-3-4-9-18)13(17)12-10(15)6-5-7-11(12)16/h5-7,13H,3-4,8-9,17H2,1-2H3. The number of hydrogen-bond acceptors (Lipinski definition) is 2. The van der Waals surface area contributed by atoms with Crippen LogP contribution in [-0.4, -0.2) is 23.5 Å². The van der Waals surface area contributed by atoms with Crippen LogP contribution in [0, 0.1) is 11.6 Å². The van der Waals surface area contributed by atoms with Gasteiger partial charge in [0.05, 0.1) is 6.04 Å². The van der Waals surface area contributed by atoms with Crippen molar-refractivity contribution in [2.75, 3.05) is 13.1 Å². The van der Waals surface area contributed by atoms with Crippen LogP contribution >= 0.6 is 0 Å². The Labute approximate surface area is 107 Å². The Morgan fingerprint density at radius 3 is 2.17 bits per heavy atom. The Morgan fingerprint density at radius 2 is 1.67 bits per heavy atom. The first-order chi connectivity index (χ1) is 8.44. The van der Waals surface area contributed by atoms with Gasteiger partial charge in [-0.15, -0.1) is 0 Å². The van der Waals surface area contributed by atoms with Gasteiger partial charge in [-0.25, -0.2) is 8.78 Å². The largest absolute Gasteiger partial charge is 0.322 e. The summed E-state index contributed by atoms with van der Waals surface area (Å²) in [7, 11) is 0. The zero-order valence-corrected chi connectivity index (χ0v) is 10.9. The molecule has 2 N–H and O–H groups in total. The van der Waals surface area contributed by atoms with Gasteiger partial charge in [0.15, 0.2) is 0 Å². The van der Waals surface area contributed by atoms with Gasteiger partial charge >= 0.3 is 0 Å². The first-order valence-corrected chi connectivity index (χ1v) is 6.39. The van der Waals surface area contributed by atoms with Crippen LogP contribution in [0.15, 0.2) is 18.2 Å². The summed E-state index contributed by atoms with van der Waals surface area (Å²) in [5.74, 6) is -1.12. The number of hydrogen-bond donors (Lipinski definition) is 1. The summed E-state index contributed by atoms with van der Waals surface area (Å²) in [6.07, 6.45) is 2.24. The molecular formula is C14H20F2N2. The van der Waals surface area contributed by atoms with Crippen LogP contribution in [-0.2, 0) is 0 Å². The predicted molar refractivity (Wildman–Crippen MR) is 68.2 cm³/mol. The van der Waals surface area contributed by atoms with Crippen molar-refractivity contribution in [1.29, 1.82) is 0 Å². The molecule has 18 heavy (non-hydrogen) atoms. The maximum Gasteiger partial charge on any atom is 0.130 e. The van der Waals surface area contributed by atoms with E-state index in [1.165, 1.54) is 18.2 Å². The van der Waals surface area contributed by atoms with Crippen LogP contribution in [0.4, 0.5) is 8.78 Å². The lowest BCUT2D eigenvalue weighted by Crippen LogP contribution is -2.50. The predicted octanol–water partition coefficient (Wildman–Crippen LogP) is 2.84. The topological polar surface area (TPSA) is 29.3 Å².